The molecule has 1 fully saturated rings. The van der Waals surface area contributed by atoms with Crippen LogP contribution in [0.4, 0.5) is 0 Å². The average molecular weight is 1070 g/mol. The zero-order valence-corrected chi connectivity index (χ0v) is 42.8. The molecule has 20 N–H and O–H groups in total. The fourth-order valence-electron chi connectivity index (χ4n) is 8.45. The van der Waals surface area contributed by atoms with Gasteiger partial charge >= 0.3 is 5.97 Å². The second-order valence-electron chi connectivity index (χ2n) is 18.7. The number of hydrogen-bond acceptors (Lipinski definition) is 13. The number of hydrogen-bond donors (Lipinski definition) is 15. The van der Waals surface area contributed by atoms with Gasteiger partial charge in [-0.3, -0.25) is 44.1 Å². The van der Waals surface area contributed by atoms with Crippen molar-refractivity contribution in [1.82, 2.24) is 42.2 Å². The third kappa shape index (κ3) is 20.5. The molecule has 1 aliphatic rings. The normalized spacial score (nSPS) is 21.9. The molecule has 77 heavy (non-hydrogen) atoms. The van der Waals surface area contributed by atoms with Crippen molar-refractivity contribution in [2.45, 2.75) is 119 Å². The summed E-state index contributed by atoms with van der Waals surface area (Å²) in [6, 6.07) is 15.4. The van der Waals surface area contributed by atoms with Gasteiger partial charge < -0.3 is 80.5 Å². The lowest BCUT2D eigenvalue weighted by atomic mass is 10.0. The molecule has 3 aromatic carbocycles. The highest BCUT2D eigenvalue weighted by Crippen LogP contribution is 2.20. The fraction of sp³-hybridized carbons (Fsp3) is 0.442. The Morgan fingerprint density at radius 3 is 1.97 bits per heavy atom. The number of H-pyrrole nitrogens is 1. The maximum atomic E-state index is 14.7. The predicted octanol–water partition coefficient (Wildman–Crippen LogP) is -1.92. The van der Waals surface area contributed by atoms with Gasteiger partial charge in [0, 0.05) is 49.6 Å². The molecule has 1 aliphatic heterocycles. The lowest BCUT2D eigenvalue weighted by molar-refractivity contribution is -0.142. The summed E-state index contributed by atoms with van der Waals surface area (Å²) in [6.45, 7) is -0.113. The maximum Gasteiger partial charge on any atom is 0.326 e. The highest BCUT2D eigenvalue weighted by Gasteiger charge is 2.35. The van der Waals surface area contributed by atoms with E-state index in [9.17, 15) is 43.8 Å². The smallest absolute Gasteiger partial charge is 0.326 e. The van der Waals surface area contributed by atoms with E-state index in [1.165, 1.54) is 0 Å². The lowest BCUT2D eigenvalue weighted by Crippen LogP contribution is -2.62. The van der Waals surface area contributed by atoms with Gasteiger partial charge in [-0.25, -0.2) is 4.79 Å². The largest absolute Gasteiger partial charge is 0.480 e. The molecule has 0 saturated carbocycles. The van der Waals surface area contributed by atoms with E-state index in [4.69, 9.17) is 33.4 Å². The van der Waals surface area contributed by atoms with Gasteiger partial charge in [0.15, 0.2) is 11.9 Å². The summed E-state index contributed by atoms with van der Waals surface area (Å²) in [4.78, 5) is 109. The van der Waals surface area contributed by atoms with Crippen molar-refractivity contribution in [3.05, 3.63) is 108 Å². The zero-order chi connectivity index (χ0) is 55.7. The number of benzene rings is 3. The number of fused-ring (bicyclic) bond motifs is 1. The number of aliphatic imine (C=N–C) groups is 2. The van der Waals surface area contributed by atoms with Gasteiger partial charge in [-0.1, -0.05) is 78.9 Å². The van der Waals surface area contributed by atoms with E-state index in [-0.39, 0.29) is 89.5 Å². The summed E-state index contributed by atoms with van der Waals surface area (Å²) in [6.07, 6.45) is 0.0156. The second kappa shape index (κ2) is 31.0. The summed E-state index contributed by atoms with van der Waals surface area (Å²) in [5.41, 5.74) is 31.0. The third-order valence-corrected chi connectivity index (χ3v) is 12.6. The van der Waals surface area contributed by atoms with Crippen LogP contribution in [0, 0.1) is 0 Å². The number of aliphatic hydroxyl groups excluding tert-OH is 1. The predicted molar refractivity (Wildman–Crippen MR) is 288 cm³/mol. The number of carboxylic acids is 1. The number of aliphatic carboxylic acids is 1. The monoisotopic (exact) mass is 1070 g/mol. The molecule has 0 spiro atoms. The first kappa shape index (κ1) is 59.7. The van der Waals surface area contributed by atoms with Gasteiger partial charge in [-0.15, -0.1) is 0 Å². The maximum absolute atomic E-state index is 14.7. The van der Waals surface area contributed by atoms with Crippen LogP contribution in [0.1, 0.15) is 68.1 Å². The topological polar surface area (TPSA) is 424 Å². The van der Waals surface area contributed by atoms with Gasteiger partial charge in [-0.2, -0.15) is 0 Å². The van der Waals surface area contributed by atoms with Crippen LogP contribution in [-0.4, -0.2) is 143 Å². The van der Waals surface area contributed by atoms with Crippen molar-refractivity contribution in [2.75, 3.05) is 26.2 Å². The van der Waals surface area contributed by atoms with Crippen LogP contribution in [0.3, 0.4) is 0 Å². The highest BCUT2D eigenvalue weighted by molar-refractivity contribution is 5.96. The van der Waals surface area contributed by atoms with E-state index in [1.807, 2.05) is 24.3 Å². The van der Waals surface area contributed by atoms with Gasteiger partial charge in [0.25, 0.3) is 0 Å². The van der Waals surface area contributed by atoms with Crippen molar-refractivity contribution >= 4 is 64.2 Å². The number of carbonyl (C=O) groups excluding carboxylic acids is 6. The minimum Gasteiger partial charge on any atom is -0.480 e. The first-order chi connectivity index (χ1) is 37.0. The zero-order valence-electron chi connectivity index (χ0n) is 42.8. The molecule has 4 aromatic rings. The number of carboxylic acid groups (broad SMARTS) is 1. The van der Waals surface area contributed by atoms with Crippen molar-refractivity contribution in [3.63, 3.8) is 0 Å². The van der Waals surface area contributed by atoms with Crippen LogP contribution in [0.15, 0.2) is 101 Å². The number of nitrogens with zero attached hydrogens (tertiary/aromatic N) is 2. The molecule has 6 amide bonds. The van der Waals surface area contributed by atoms with Crippen molar-refractivity contribution in [1.29, 1.82) is 0 Å². The van der Waals surface area contributed by atoms with E-state index >= 15 is 0 Å². The minimum absolute atomic E-state index is 0.0246. The van der Waals surface area contributed by atoms with Crippen LogP contribution < -0.4 is 65.9 Å². The number of aliphatic hydroxyl groups is 1. The number of guanidine groups is 2. The highest BCUT2D eigenvalue weighted by atomic mass is 16.5. The summed E-state index contributed by atoms with van der Waals surface area (Å²) in [5.74, 6) is -6.39. The number of aromatic amines is 1. The molecule has 0 radical (unpaired) electrons. The molecule has 2 heterocycles. The summed E-state index contributed by atoms with van der Waals surface area (Å²) in [7, 11) is 0. The molecule has 0 aliphatic carbocycles. The molecule has 416 valence electrons. The molecule has 1 saturated heterocycles. The Bertz CT molecular complexity index is 2630. The molecular formula is C52H73N15O10. The first-order valence-corrected chi connectivity index (χ1v) is 25.5. The SMILES string of the molecule is NC(N)=NCCC[C@@H]1NC(=O)C(Cc2ccccc2)NC(=O)[C@H](COCc2ccccc2)NC(O)C(NC(=O)[C@@H](N)CCCN=C(N)N)CC(=O)NCCCCC(C(=O)O)NC(=O)[C@H](Cc2c[nH]c3ccccc23)NC1=O. The molecule has 25 heteroatoms. The van der Waals surface area contributed by atoms with Crippen molar-refractivity contribution in [2.24, 2.45) is 38.7 Å². The van der Waals surface area contributed by atoms with E-state index in [0.29, 0.717) is 17.5 Å². The molecule has 1 aromatic heterocycles. The van der Waals surface area contributed by atoms with Gasteiger partial charge in [-0.05, 0) is 67.7 Å². The molecule has 4 unspecified atom stereocenters. The van der Waals surface area contributed by atoms with E-state index in [1.54, 1.807) is 66.9 Å². The Kier molecular flexibility index (Phi) is 24.1. The molecule has 8 atom stereocenters. The Balaban J connectivity index is 1.53. The number of nitrogens with one attached hydrogen (secondary N) is 8. The van der Waals surface area contributed by atoms with Gasteiger partial charge in [0.05, 0.1) is 31.7 Å². The number of carbonyl (C=O) groups is 7. The number of rotatable bonds is 19. The molecule has 5 rings (SSSR count). The molecule has 25 nitrogen and oxygen atoms in total. The van der Waals surface area contributed by atoms with Crippen LogP contribution in [0.25, 0.3) is 10.9 Å². The van der Waals surface area contributed by atoms with E-state index in [0.717, 1.165) is 16.5 Å². The number of nitrogens with two attached hydrogens (primary N) is 5. The lowest BCUT2D eigenvalue weighted by Gasteiger charge is -2.30. The van der Waals surface area contributed by atoms with Gasteiger partial charge in [0.2, 0.25) is 35.4 Å². The third-order valence-electron chi connectivity index (χ3n) is 12.6. The average Bonchev–Trinajstić information content (AvgIpc) is 3.81. The van der Waals surface area contributed by atoms with Gasteiger partial charge in [0.1, 0.15) is 36.4 Å². The van der Waals surface area contributed by atoms with Crippen molar-refractivity contribution in [3.8, 4) is 0 Å². The number of ether oxygens (including phenoxy) is 1. The van der Waals surface area contributed by atoms with Crippen LogP contribution in [0.5, 0.6) is 0 Å². The summed E-state index contributed by atoms with van der Waals surface area (Å²) >= 11 is 0. The van der Waals surface area contributed by atoms with E-state index < -0.39 is 103 Å². The van der Waals surface area contributed by atoms with Crippen molar-refractivity contribution < 1.29 is 48.5 Å². The second-order valence-corrected chi connectivity index (χ2v) is 18.7. The standard InChI is InChI=1S/C52H73N15O10/c53-35(18-11-23-59-51(54)55)44(69)64-41-27-43(68)58-22-10-9-20-38(50(75)76)63-47(72)40(26-33-28-61-36-19-8-7-17-34(33)36)66-45(70)37(21-12-24-60-52(56)57)62-46(71)39(25-31-13-3-1-4-14-31)65-49(74)42(67-48(41)73)30-77-29-32-15-5-2-6-16-32/h1-8,13-17,19,28,35,37-42,48,61,67,73H,9-12,18,20-27,29-30,53H2,(H,58,68)(H,62,71)(H,63,72)(H,64,69)(H,65,74)(H,66,70)(H,75,76)(H4,54,55,59)(H4,56,57,60)/t35-,37-,38?,39?,40-,41?,42-,48?/m0/s1. The Morgan fingerprint density at radius 1 is 0.714 bits per heavy atom. The first-order valence-electron chi connectivity index (χ1n) is 25.5. The fourth-order valence-corrected chi connectivity index (χ4v) is 8.45. The van der Waals surface area contributed by atoms with Crippen LogP contribution >= 0.6 is 0 Å². The van der Waals surface area contributed by atoms with Crippen LogP contribution in [0.2, 0.25) is 0 Å². The molecule has 0 bridgehead atoms. The summed E-state index contributed by atoms with van der Waals surface area (Å²) < 4.78 is 6.00. The number of amides is 6. The Hall–Kier alpha value is -8.13. The number of aromatic nitrogens is 1. The van der Waals surface area contributed by atoms with Crippen LogP contribution in [-0.2, 0) is 57.7 Å². The quantitative estimate of drug-likeness (QED) is 0.0277. The molecular weight excluding hydrogens is 995 g/mol. The number of para-hydroxylation sites is 1. The Labute approximate surface area is 445 Å². The Morgan fingerprint density at radius 2 is 1.30 bits per heavy atom. The van der Waals surface area contributed by atoms with E-state index in [2.05, 4.69) is 52.2 Å². The summed E-state index contributed by atoms with van der Waals surface area (Å²) in [5, 5.41) is 41.9. The minimum atomic E-state index is -1.83.